The summed E-state index contributed by atoms with van der Waals surface area (Å²) in [6, 6.07) is 15.1. The van der Waals surface area contributed by atoms with Crippen molar-refractivity contribution in [2.24, 2.45) is 0 Å². The average Bonchev–Trinajstić information content (AvgIpc) is 3.58. The van der Waals surface area contributed by atoms with Gasteiger partial charge >= 0.3 is 5.97 Å². The molecule has 0 bridgehead atoms. The molecule has 3 aromatic rings. The summed E-state index contributed by atoms with van der Waals surface area (Å²) < 4.78 is 17.5. The van der Waals surface area contributed by atoms with Crippen LogP contribution in [0.5, 0.6) is 11.5 Å². The first-order valence-corrected chi connectivity index (χ1v) is 17.6. The van der Waals surface area contributed by atoms with Crippen LogP contribution in [0, 0.1) is 6.92 Å². The molecular weight excluding hydrogens is 650 g/mol. The van der Waals surface area contributed by atoms with E-state index in [0.29, 0.717) is 65.6 Å². The summed E-state index contributed by atoms with van der Waals surface area (Å²) in [7, 11) is 5.20. The molecule has 1 fully saturated rings. The third-order valence-electron chi connectivity index (χ3n) is 9.61. The highest BCUT2D eigenvalue weighted by atomic mass is 16.5. The molecule has 12 nitrogen and oxygen atoms in total. The number of carbonyl (C=O) groups excluding carboxylic acids is 4. The number of piperazine rings is 1. The lowest BCUT2D eigenvalue weighted by Crippen LogP contribution is -2.60. The van der Waals surface area contributed by atoms with Crippen molar-refractivity contribution in [1.82, 2.24) is 9.80 Å². The van der Waals surface area contributed by atoms with Gasteiger partial charge in [-0.05, 0) is 80.9 Å². The van der Waals surface area contributed by atoms with Crippen molar-refractivity contribution in [1.29, 1.82) is 0 Å². The van der Waals surface area contributed by atoms with Crippen molar-refractivity contribution < 1.29 is 33.4 Å². The second kappa shape index (κ2) is 16.4. The summed E-state index contributed by atoms with van der Waals surface area (Å²) >= 11 is 0. The highest BCUT2D eigenvalue weighted by molar-refractivity contribution is 6.09. The highest BCUT2D eigenvalue weighted by Gasteiger charge is 2.41. The number of aldehydes is 1. The molecule has 1 saturated heterocycles. The van der Waals surface area contributed by atoms with Crippen LogP contribution in [-0.2, 0) is 20.7 Å². The van der Waals surface area contributed by atoms with E-state index in [1.54, 1.807) is 44.3 Å². The van der Waals surface area contributed by atoms with Crippen molar-refractivity contribution in [3.63, 3.8) is 0 Å². The number of hydrogen-bond donors (Lipinski definition) is 2. The number of amides is 2. The standard InChI is InChI=1S/C39H49N5O7/c1-7-9-17-39(25-45,44-20-18-42(4)19-21-44)51-35-22-26(3)13-16-33(35)43(5)37(47)27-14-15-31(34(23-27)49-6)41-36(46)28-11-10-12-30-29(28)24-32(40-30)38(48)50-8-2/h10-16,22-23,25,32,40H,7-9,17-21,24H2,1-6H3,(H,41,46). The fraction of sp³-hybridized carbons (Fsp3) is 0.436. The lowest BCUT2D eigenvalue weighted by molar-refractivity contribution is -0.146. The fourth-order valence-corrected chi connectivity index (χ4v) is 6.62. The van der Waals surface area contributed by atoms with Crippen molar-refractivity contribution in [2.45, 2.75) is 58.2 Å². The molecule has 12 heteroatoms. The van der Waals surface area contributed by atoms with Crippen molar-refractivity contribution in [3.05, 3.63) is 76.9 Å². The Morgan fingerprint density at radius 2 is 1.80 bits per heavy atom. The van der Waals surface area contributed by atoms with Crippen LogP contribution in [0.4, 0.5) is 17.1 Å². The summed E-state index contributed by atoms with van der Waals surface area (Å²) in [5.74, 6) is -0.338. The van der Waals surface area contributed by atoms with Crippen LogP contribution in [0.15, 0.2) is 54.6 Å². The van der Waals surface area contributed by atoms with Gasteiger partial charge in [0.1, 0.15) is 17.5 Å². The quantitative estimate of drug-likeness (QED) is 0.172. The van der Waals surface area contributed by atoms with E-state index < -0.39 is 11.8 Å². The number of aryl methyl sites for hydroxylation is 1. The van der Waals surface area contributed by atoms with Crippen molar-refractivity contribution >= 4 is 41.1 Å². The Morgan fingerprint density at radius 1 is 1.04 bits per heavy atom. The number of nitrogens with one attached hydrogen (secondary N) is 2. The number of unbranched alkanes of at least 4 members (excludes halogenated alkanes) is 1. The molecule has 5 rings (SSSR count). The number of benzene rings is 3. The zero-order valence-electron chi connectivity index (χ0n) is 30.4. The summed E-state index contributed by atoms with van der Waals surface area (Å²) in [6.45, 7) is 9.08. The summed E-state index contributed by atoms with van der Waals surface area (Å²) in [5, 5.41) is 6.05. The van der Waals surface area contributed by atoms with E-state index >= 15 is 0 Å². The van der Waals surface area contributed by atoms with E-state index in [1.807, 2.05) is 31.2 Å². The van der Waals surface area contributed by atoms with Gasteiger partial charge in [-0.3, -0.25) is 19.3 Å². The van der Waals surface area contributed by atoms with Crippen molar-refractivity contribution in [3.8, 4) is 11.5 Å². The Hall–Kier alpha value is -4.94. The molecule has 2 aliphatic heterocycles. The van der Waals surface area contributed by atoms with E-state index in [4.69, 9.17) is 14.2 Å². The van der Waals surface area contributed by atoms with Gasteiger partial charge in [0.15, 0.2) is 6.29 Å². The number of fused-ring (bicyclic) bond motifs is 1. The summed E-state index contributed by atoms with van der Waals surface area (Å²) in [5.41, 5.74) is 2.84. The molecule has 0 aromatic heterocycles. The van der Waals surface area contributed by atoms with Gasteiger partial charge in [0.25, 0.3) is 11.8 Å². The lowest BCUT2D eigenvalue weighted by Gasteiger charge is -2.44. The minimum absolute atomic E-state index is 0.269. The second-order valence-electron chi connectivity index (χ2n) is 13.1. The van der Waals surface area contributed by atoms with Gasteiger partial charge in [0.05, 0.1) is 25.1 Å². The second-order valence-corrected chi connectivity index (χ2v) is 13.1. The average molecular weight is 700 g/mol. The number of rotatable bonds is 14. The van der Waals surface area contributed by atoms with Gasteiger partial charge in [-0.2, -0.15) is 0 Å². The molecule has 3 aromatic carbocycles. The first kappa shape index (κ1) is 37.3. The van der Waals surface area contributed by atoms with E-state index in [2.05, 4.69) is 34.4 Å². The zero-order chi connectivity index (χ0) is 36.7. The molecular formula is C39H49N5O7. The normalized spacial score (nSPS) is 17.0. The molecule has 0 saturated carbocycles. The predicted octanol–water partition coefficient (Wildman–Crippen LogP) is 5.14. The minimum Gasteiger partial charge on any atom is -0.495 e. The van der Waals surface area contributed by atoms with Gasteiger partial charge in [0, 0.05) is 62.9 Å². The first-order valence-electron chi connectivity index (χ1n) is 17.6. The van der Waals surface area contributed by atoms with Crippen LogP contribution < -0.4 is 25.0 Å². The molecule has 0 aliphatic carbocycles. The van der Waals surface area contributed by atoms with Crippen molar-refractivity contribution in [2.75, 3.05) is 69.5 Å². The number of likely N-dealkylation sites (N-methyl/N-ethyl adjacent to an activating group) is 1. The SMILES string of the molecule is CCCCC(C=O)(Oc1cc(C)ccc1N(C)C(=O)c1ccc(NC(=O)c2cccc3c2CC(C(=O)OCC)N3)c(OC)c1)N1CCN(C)CC1. The van der Waals surface area contributed by atoms with E-state index in [-0.39, 0.29) is 24.4 Å². The maximum absolute atomic E-state index is 14.0. The maximum atomic E-state index is 14.0. The third kappa shape index (κ3) is 8.18. The molecule has 51 heavy (non-hydrogen) atoms. The number of methoxy groups -OCH3 is 1. The molecule has 2 aliphatic rings. The van der Waals surface area contributed by atoms with Crippen LogP contribution in [0.2, 0.25) is 0 Å². The summed E-state index contributed by atoms with van der Waals surface area (Å²) in [6.07, 6.45) is 3.48. The first-order chi connectivity index (χ1) is 24.5. The zero-order valence-corrected chi connectivity index (χ0v) is 30.4. The van der Waals surface area contributed by atoms with Crippen LogP contribution >= 0.6 is 0 Å². The molecule has 2 amide bonds. The van der Waals surface area contributed by atoms with Crippen LogP contribution in [0.3, 0.4) is 0 Å². The van der Waals surface area contributed by atoms with E-state index in [1.165, 1.54) is 12.0 Å². The summed E-state index contributed by atoms with van der Waals surface area (Å²) in [4.78, 5) is 58.6. The predicted molar refractivity (Wildman–Crippen MR) is 197 cm³/mol. The Bertz CT molecular complexity index is 1760. The molecule has 2 atom stereocenters. The smallest absolute Gasteiger partial charge is 0.328 e. The highest BCUT2D eigenvalue weighted by Crippen LogP contribution is 2.37. The van der Waals surface area contributed by atoms with Crippen LogP contribution in [0.25, 0.3) is 0 Å². The van der Waals surface area contributed by atoms with Gasteiger partial charge in [-0.1, -0.05) is 25.5 Å². The number of carbonyl (C=O) groups is 4. The molecule has 272 valence electrons. The molecule has 2 heterocycles. The van der Waals surface area contributed by atoms with Gasteiger partial charge in [-0.15, -0.1) is 0 Å². The lowest BCUT2D eigenvalue weighted by atomic mass is 10.0. The minimum atomic E-state index is -1.17. The van der Waals surface area contributed by atoms with Crippen LogP contribution in [0.1, 0.15) is 65.0 Å². The van der Waals surface area contributed by atoms with Gasteiger partial charge < -0.3 is 34.6 Å². The largest absolute Gasteiger partial charge is 0.495 e. The van der Waals surface area contributed by atoms with Gasteiger partial charge in [-0.25, -0.2) is 4.79 Å². The molecule has 2 N–H and O–H groups in total. The Morgan fingerprint density at radius 3 is 2.49 bits per heavy atom. The molecule has 2 unspecified atom stereocenters. The molecule has 0 spiro atoms. The van der Waals surface area contributed by atoms with Gasteiger partial charge in [0.2, 0.25) is 5.72 Å². The van der Waals surface area contributed by atoms with E-state index in [0.717, 1.165) is 43.3 Å². The van der Waals surface area contributed by atoms with Crippen LogP contribution in [-0.4, -0.2) is 99.6 Å². The maximum Gasteiger partial charge on any atom is 0.328 e. The fourth-order valence-electron chi connectivity index (χ4n) is 6.62. The third-order valence-corrected chi connectivity index (χ3v) is 9.61. The monoisotopic (exact) mass is 699 g/mol. The van der Waals surface area contributed by atoms with E-state index in [9.17, 15) is 19.2 Å². The number of esters is 1. The Kier molecular flexibility index (Phi) is 12.0. The number of hydrogen-bond acceptors (Lipinski definition) is 10. The number of ether oxygens (including phenoxy) is 3. The Labute approximate surface area is 300 Å². The Balaban J connectivity index is 1.37. The number of nitrogens with zero attached hydrogens (tertiary/aromatic N) is 3. The number of anilines is 3. The topological polar surface area (TPSA) is 130 Å². The molecule has 0 radical (unpaired) electrons.